The van der Waals surface area contributed by atoms with Crippen molar-refractivity contribution in [2.45, 2.75) is 107 Å². The Morgan fingerprint density at radius 2 is 1.86 bits per heavy atom. The number of allylic oxidation sites excluding steroid dienone is 1. The molecule has 0 radical (unpaired) electrons. The standard InChI is InChI=1S/C36H52N2O5S/c1-8-10-11-15-21-43-33(42)28-27-18-19-36(44-27)29(28)31(40)38(26(23-39)22-25-16-13-12-14-17-25)30(36)32(41)37(20-9-2)35(6,7)24-34(3,4)5/h8-9,12-14,16-17,26-30,39H,1-2,10-11,15,18-24H2,3-7H3/t26-,27-,28+,29+,30?,36?/m1/s1. The molecule has 1 aromatic carbocycles. The molecular formula is C36H52N2O5S. The molecule has 44 heavy (non-hydrogen) atoms. The number of hydrogen-bond donors (Lipinski definition) is 1. The maximum Gasteiger partial charge on any atom is 0.310 e. The SMILES string of the molecule is C=CCCCCOC(=O)[C@@H]1[C@H]2C(=O)N([C@@H](CO)Cc3ccccc3)C(C(=O)N(CC=C)C(C)(C)CC(C)(C)C)C23CC[C@H]1S3. The van der Waals surface area contributed by atoms with Crippen LogP contribution in [0.5, 0.6) is 0 Å². The van der Waals surface area contributed by atoms with Crippen LogP contribution < -0.4 is 0 Å². The number of rotatable bonds is 15. The zero-order valence-electron chi connectivity index (χ0n) is 27.3. The predicted molar refractivity (Wildman–Crippen MR) is 177 cm³/mol. The fraction of sp³-hybridized carbons (Fsp3) is 0.639. The van der Waals surface area contributed by atoms with Gasteiger partial charge in [-0.3, -0.25) is 14.4 Å². The Bertz CT molecular complexity index is 1210. The zero-order chi connectivity index (χ0) is 32.3. The number of thioether (sulfide) groups is 1. The van der Waals surface area contributed by atoms with Crippen molar-refractivity contribution in [2.75, 3.05) is 19.8 Å². The van der Waals surface area contributed by atoms with E-state index in [4.69, 9.17) is 4.74 Å². The average Bonchev–Trinajstić information content (AvgIpc) is 3.60. The van der Waals surface area contributed by atoms with Gasteiger partial charge in [-0.25, -0.2) is 0 Å². The third kappa shape index (κ3) is 6.81. The lowest BCUT2D eigenvalue weighted by atomic mass is 9.71. The Balaban J connectivity index is 1.74. The highest BCUT2D eigenvalue weighted by molar-refractivity contribution is 8.02. The van der Waals surface area contributed by atoms with Gasteiger partial charge in [0.1, 0.15) is 6.04 Å². The van der Waals surface area contributed by atoms with Gasteiger partial charge in [-0.05, 0) is 69.8 Å². The molecule has 0 aromatic heterocycles. The van der Waals surface area contributed by atoms with Crippen molar-refractivity contribution in [2.24, 2.45) is 17.3 Å². The average molecular weight is 625 g/mol. The fourth-order valence-electron chi connectivity index (χ4n) is 8.13. The van der Waals surface area contributed by atoms with E-state index in [-0.39, 0.29) is 35.1 Å². The maximum atomic E-state index is 15.0. The molecule has 0 saturated carbocycles. The molecule has 2 unspecified atom stereocenters. The quantitative estimate of drug-likeness (QED) is 0.151. The van der Waals surface area contributed by atoms with Crippen LogP contribution in [0.2, 0.25) is 0 Å². The number of hydrogen-bond acceptors (Lipinski definition) is 6. The summed E-state index contributed by atoms with van der Waals surface area (Å²) in [4.78, 5) is 46.9. The summed E-state index contributed by atoms with van der Waals surface area (Å²) in [6, 6.07) is 8.34. The summed E-state index contributed by atoms with van der Waals surface area (Å²) in [5, 5.41) is 10.7. The highest BCUT2D eigenvalue weighted by atomic mass is 32.2. The zero-order valence-corrected chi connectivity index (χ0v) is 28.1. The summed E-state index contributed by atoms with van der Waals surface area (Å²) in [5.41, 5.74) is 0.409. The summed E-state index contributed by atoms with van der Waals surface area (Å²) in [5.74, 6) is -1.95. The molecule has 3 aliphatic rings. The van der Waals surface area contributed by atoms with Gasteiger partial charge in [0.15, 0.2) is 0 Å². The summed E-state index contributed by atoms with van der Waals surface area (Å²) in [7, 11) is 0. The monoisotopic (exact) mass is 624 g/mol. The Kier molecular flexibility index (Phi) is 10.8. The van der Waals surface area contributed by atoms with E-state index < -0.39 is 34.2 Å². The van der Waals surface area contributed by atoms with Crippen LogP contribution in [-0.4, -0.2) is 80.1 Å². The van der Waals surface area contributed by atoms with E-state index in [1.807, 2.05) is 41.3 Å². The van der Waals surface area contributed by atoms with E-state index in [1.54, 1.807) is 22.7 Å². The van der Waals surface area contributed by atoms with E-state index in [1.165, 1.54) is 0 Å². The molecule has 1 N–H and O–H groups in total. The fourth-order valence-corrected chi connectivity index (χ4v) is 10.3. The van der Waals surface area contributed by atoms with Gasteiger partial charge < -0.3 is 19.6 Å². The number of esters is 1. The number of nitrogens with zero attached hydrogens (tertiary/aromatic N) is 2. The smallest absolute Gasteiger partial charge is 0.310 e. The van der Waals surface area contributed by atoms with Gasteiger partial charge in [0.2, 0.25) is 11.8 Å². The second-order valence-corrected chi connectivity index (χ2v) is 16.2. The first-order chi connectivity index (χ1) is 20.8. The van der Waals surface area contributed by atoms with Crippen molar-refractivity contribution in [3.05, 3.63) is 61.2 Å². The number of carbonyl (C=O) groups excluding carboxylic acids is 3. The lowest BCUT2D eigenvalue weighted by Gasteiger charge is -2.46. The van der Waals surface area contributed by atoms with E-state index in [0.717, 1.165) is 37.7 Å². The maximum absolute atomic E-state index is 15.0. The third-order valence-corrected chi connectivity index (χ3v) is 11.4. The molecule has 1 aromatic rings. The van der Waals surface area contributed by atoms with Gasteiger partial charge in [-0.2, -0.15) is 0 Å². The van der Waals surface area contributed by atoms with Crippen LogP contribution in [0.25, 0.3) is 0 Å². The summed E-state index contributed by atoms with van der Waals surface area (Å²) in [6.07, 6.45) is 8.66. The van der Waals surface area contributed by atoms with Crippen molar-refractivity contribution in [3.8, 4) is 0 Å². The number of benzene rings is 1. The van der Waals surface area contributed by atoms with Gasteiger partial charge in [0.25, 0.3) is 0 Å². The minimum atomic E-state index is -0.805. The molecule has 242 valence electrons. The topological polar surface area (TPSA) is 87.1 Å². The number of carbonyl (C=O) groups is 3. The number of aliphatic hydroxyl groups excluding tert-OH is 1. The first-order valence-corrected chi connectivity index (χ1v) is 17.0. The molecule has 3 heterocycles. The van der Waals surface area contributed by atoms with E-state index in [0.29, 0.717) is 26.0 Å². The first kappa shape index (κ1) is 34.3. The second-order valence-electron chi connectivity index (χ2n) is 14.6. The van der Waals surface area contributed by atoms with Crippen molar-refractivity contribution >= 4 is 29.5 Å². The molecule has 1 spiro atoms. The number of amides is 2. The Morgan fingerprint density at radius 1 is 1.16 bits per heavy atom. The van der Waals surface area contributed by atoms with Crippen molar-refractivity contribution in [1.82, 2.24) is 9.80 Å². The Hall–Kier alpha value is -2.58. The Morgan fingerprint density at radius 3 is 2.48 bits per heavy atom. The molecule has 2 amide bonds. The molecular weight excluding hydrogens is 572 g/mol. The van der Waals surface area contributed by atoms with Crippen LogP contribution in [0.15, 0.2) is 55.6 Å². The number of ether oxygens (including phenoxy) is 1. The molecule has 0 aliphatic carbocycles. The number of likely N-dealkylation sites (tertiary alicyclic amines) is 1. The van der Waals surface area contributed by atoms with Gasteiger partial charge in [0, 0.05) is 17.3 Å². The normalized spacial score (nSPS) is 26.8. The number of fused-ring (bicyclic) bond motifs is 1. The third-order valence-electron chi connectivity index (χ3n) is 9.48. The van der Waals surface area contributed by atoms with Crippen molar-refractivity contribution < 1.29 is 24.2 Å². The minimum absolute atomic E-state index is 0.0444. The van der Waals surface area contributed by atoms with E-state index in [2.05, 4.69) is 47.8 Å². The second kappa shape index (κ2) is 13.8. The lowest BCUT2D eigenvalue weighted by molar-refractivity contribution is -0.154. The van der Waals surface area contributed by atoms with E-state index >= 15 is 4.79 Å². The molecule has 3 saturated heterocycles. The van der Waals surface area contributed by atoms with Crippen molar-refractivity contribution in [1.29, 1.82) is 0 Å². The van der Waals surface area contributed by atoms with Gasteiger partial charge in [-0.15, -0.1) is 24.9 Å². The summed E-state index contributed by atoms with van der Waals surface area (Å²) < 4.78 is 5.01. The van der Waals surface area contributed by atoms with Crippen LogP contribution in [-0.2, 0) is 25.5 Å². The number of aliphatic hydroxyl groups is 1. The van der Waals surface area contributed by atoms with Crippen LogP contribution in [0.4, 0.5) is 0 Å². The molecule has 8 heteroatoms. The van der Waals surface area contributed by atoms with E-state index in [9.17, 15) is 14.7 Å². The summed E-state index contributed by atoms with van der Waals surface area (Å²) in [6.45, 7) is 18.7. The molecule has 7 nitrogen and oxygen atoms in total. The van der Waals surface area contributed by atoms with Crippen LogP contribution in [0.3, 0.4) is 0 Å². The lowest BCUT2D eigenvalue weighted by Crippen LogP contribution is -2.61. The number of unbranched alkanes of at least 4 members (excludes halogenated alkanes) is 2. The molecule has 3 aliphatic heterocycles. The van der Waals surface area contributed by atoms with Gasteiger partial charge in [-0.1, -0.05) is 63.3 Å². The highest BCUT2D eigenvalue weighted by Gasteiger charge is 2.75. The van der Waals surface area contributed by atoms with Crippen molar-refractivity contribution in [3.63, 3.8) is 0 Å². The van der Waals surface area contributed by atoms with Crippen LogP contribution in [0, 0.1) is 17.3 Å². The molecule has 6 atom stereocenters. The van der Waals surface area contributed by atoms with Gasteiger partial charge in [0.05, 0.1) is 35.8 Å². The van der Waals surface area contributed by atoms with Gasteiger partial charge >= 0.3 is 5.97 Å². The first-order valence-electron chi connectivity index (χ1n) is 16.2. The molecule has 2 bridgehead atoms. The minimum Gasteiger partial charge on any atom is -0.465 e. The van der Waals surface area contributed by atoms with Crippen LogP contribution in [0.1, 0.15) is 78.7 Å². The predicted octanol–water partition coefficient (Wildman–Crippen LogP) is 5.81. The largest absolute Gasteiger partial charge is 0.465 e. The molecule has 4 rings (SSSR count). The van der Waals surface area contributed by atoms with Crippen LogP contribution >= 0.6 is 11.8 Å². The Labute approximate surface area is 268 Å². The molecule has 3 fully saturated rings. The highest BCUT2D eigenvalue weighted by Crippen LogP contribution is 2.67. The summed E-state index contributed by atoms with van der Waals surface area (Å²) >= 11 is 1.64.